The summed E-state index contributed by atoms with van der Waals surface area (Å²) in [4.78, 5) is 33.8. The summed E-state index contributed by atoms with van der Waals surface area (Å²) in [7, 11) is 0. The minimum atomic E-state index is -0.475. The topological polar surface area (TPSA) is 125 Å². The number of aromatic nitrogens is 7. The van der Waals surface area contributed by atoms with Crippen LogP contribution in [0.5, 0.6) is 0 Å². The summed E-state index contributed by atoms with van der Waals surface area (Å²) in [6, 6.07) is 21.3. The van der Waals surface area contributed by atoms with Gasteiger partial charge in [0.05, 0.1) is 23.1 Å². The predicted molar refractivity (Wildman–Crippen MR) is 150 cm³/mol. The minimum Gasteiger partial charge on any atom is -0.336 e. The second-order valence-corrected chi connectivity index (χ2v) is 9.09. The number of fused-ring (bicyclic) bond motifs is 2. The van der Waals surface area contributed by atoms with E-state index in [4.69, 9.17) is 4.98 Å². The Morgan fingerprint density at radius 3 is 2.58 bits per heavy atom. The Morgan fingerprint density at radius 2 is 1.73 bits per heavy atom. The second-order valence-electron chi connectivity index (χ2n) is 9.09. The highest BCUT2D eigenvalue weighted by atomic mass is 19.1. The van der Waals surface area contributed by atoms with Crippen LogP contribution >= 0.6 is 0 Å². The molecule has 0 fully saturated rings. The van der Waals surface area contributed by atoms with Crippen molar-refractivity contribution in [3.63, 3.8) is 0 Å². The van der Waals surface area contributed by atoms with Gasteiger partial charge in [-0.15, -0.1) is 0 Å². The van der Waals surface area contributed by atoms with Crippen LogP contribution in [0.15, 0.2) is 97.6 Å². The molecule has 0 atom stereocenters. The number of carbonyl (C=O) groups excluding carboxylic acids is 1. The number of anilines is 1. The highest BCUT2D eigenvalue weighted by molar-refractivity contribution is 6.04. The third kappa shape index (κ3) is 4.13. The van der Waals surface area contributed by atoms with Crippen LogP contribution in [0.25, 0.3) is 56.0 Å². The Labute approximate surface area is 226 Å². The molecule has 192 valence electrons. The normalized spacial score (nSPS) is 11.2. The molecule has 0 saturated carbocycles. The van der Waals surface area contributed by atoms with E-state index in [0.29, 0.717) is 56.2 Å². The zero-order valence-electron chi connectivity index (χ0n) is 20.8. The van der Waals surface area contributed by atoms with Crippen LogP contribution in [-0.4, -0.2) is 41.0 Å². The first kappa shape index (κ1) is 23.4. The number of nitrogens with one attached hydrogen (secondary N) is 3. The highest BCUT2D eigenvalue weighted by Gasteiger charge is 2.19. The van der Waals surface area contributed by atoms with Crippen molar-refractivity contribution in [1.29, 1.82) is 0 Å². The molecule has 0 saturated heterocycles. The molecule has 7 aromatic rings. The number of imidazole rings is 1. The Balaban J connectivity index is 1.28. The van der Waals surface area contributed by atoms with Crippen molar-refractivity contribution in [3.8, 4) is 34.0 Å². The van der Waals surface area contributed by atoms with Gasteiger partial charge in [0, 0.05) is 35.1 Å². The van der Waals surface area contributed by atoms with Crippen molar-refractivity contribution in [3.05, 3.63) is 109 Å². The lowest BCUT2D eigenvalue weighted by molar-refractivity contribution is 0.102. The molecule has 5 heterocycles. The van der Waals surface area contributed by atoms with E-state index in [1.54, 1.807) is 55.1 Å². The van der Waals surface area contributed by atoms with E-state index >= 15 is 4.39 Å². The molecule has 0 spiro atoms. The number of hydrogen-bond acceptors (Lipinski definition) is 6. The van der Waals surface area contributed by atoms with Gasteiger partial charge in [-0.3, -0.25) is 24.8 Å². The van der Waals surface area contributed by atoms with Gasteiger partial charge in [-0.2, -0.15) is 5.10 Å². The lowest BCUT2D eigenvalue weighted by Gasteiger charge is -2.08. The first-order valence-electron chi connectivity index (χ1n) is 12.4. The molecule has 3 N–H and O–H groups in total. The van der Waals surface area contributed by atoms with E-state index in [9.17, 15) is 4.79 Å². The number of pyridine rings is 3. The van der Waals surface area contributed by atoms with E-state index in [-0.39, 0.29) is 11.4 Å². The molecule has 0 unspecified atom stereocenters. The monoisotopic (exact) mass is 526 g/mol. The van der Waals surface area contributed by atoms with Crippen LogP contribution in [-0.2, 0) is 0 Å². The lowest BCUT2D eigenvalue weighted by atomic mass is 10.0. The van der Waals surface area contributed by atoms with Crippen molar-refractivity contribution in [1.82, 2.24) is 35.1 Å². The summed E-state index contributed by atoms with van der Waals surface area (Å²) in [5.74, 6) is -0.273. The van der Waals surface area contributed by atoms with Gasteiger partial charge < -0.3 is 10.3 Å². The molecule has 10 heteroatoms. The Morgan fingerprint density at radius 1 is 0.850 bits per heavy atom. The molecule has 0 bridgehead atoms. The number of halogens is 1. The molecule has 0 aliphatic heterocycles. The van der Waals surface area contributed by atoms with Crippen LogP contribution < -0.4 is 5.32 Å². The third-order valence-corrected chi connectivity index (χ3v) is 6.52. The maximum absolute atomic E-state index is 15.3. The number of carbonyl (C=O) groups is 1. The van der Waals surface area contributed by atoms with Crippen molar-refractivity contribution in [2.75, 3.05) is 5.32 Å². The number of aromatic amines is 2. The second kappa shape index (κ2) is 9.52. The first-order valence-corrected chi connectivity index (χ1v) is 12.4. The smallest absolute Gasteiger partial charge is 0.255 e. The van der Waals surface area contributed by atoms with Gasteiger partial charge in [0.1, 0.15) is 28.2 Å². The maximum atomic E-state index is 15.3. The number of rotatable bonds is 5. The van der Waals surface area contributed by atoms with Crippen LogP contribution in [0.1, 0.15) is 10.4 Å². The van der Waals surface area contributed by atoms with E-state index in [1.165, 1.54) is 6.07 Å². The molecule has 2 aromatic carbocycles. The highest BCUT2D eigenvalue weighted by Crippen LogP contribution is 2.33. The fraction of sp³-hybridized carbons (Fsp3) is 0. The summed E-state index contributed by atoms with van der Waals surface area (Å²) < 4.78 is 15.3. The zero-order chi connectivity index (χ0) is 27.1. The number of amides is 1. The number of nitrogens with zero attached hydrogens (tertiary/aromatic N) is 5. The number of benzene rings is 2. The third-order valence-electron chi connectivity index (χ3n) is 6.52. The van der Waals surface area contributed by atoms with Gasteiger partial charge >= 0.3 is 0 Å². The fourth-order valence-electron chi connectivity index (χ4n) is 4.62. The quantitative estimate of drug-likeness (QED) is 0.252. The average Bonchev–Trinajstić information content (AvgIpc) is 3.63. The Kier molecular flexibility index (Phi) is 5.56. The Bertz CT molecular complexity index is 2020. The SMILES string of the molecule is O=C(Nc1cncc(-c2cc(F)c3[nH]nc(-c4nc5c(-c6ccccn6)nccc5[nH]4)c3c2)c1)c1ccccc1. The summed E-state index contributed by atoms with van der Waals surface area (Å²) in [6.07, 6.45) is 6.55. The first-order chi connectivity index (χ1) is 19.6. The Hall–Kier alpha value is -5.77. The van der Waals surface area contributed by atoms with Gasteiger partial charge in [-0.05, 0) is 54.1 Å². The minimum absolute atomic E-state index is 0.253. The number of H-pyrrole nitrogens is 2. The molecule has 5 aromatic heterocycles. The molecule has 9 nitrogen and oxygen atoms in total. The molecule has 0 aliphatic carbocycles. The van der Waals surface area contributed by atoms with Crippen LogP contribution in [0.4, 0.5) is 10.1 Å². The van der Waals surface area contributed by atoms with Gasteiger partial charge in [-0.1, -0.05) is 24.3 Å². The molecule has 1 amide bonds. The van der Waals surface area contributed by atoms with Gasteiger partial charge in [0.15, 0.2) is 5.82 Å². The fourth-order valence-corrected chi connectivity index (χ4v) is 4.62. The summed E-state index contributed by atoms with van der Waals surface area (Å²) in [6.45, 7) is 0. The van der Waals surface area contributed by atoms with E-state index in [0.717, 1.165) is 5.52 Å². The molecule has 0 aliphatic rings. The molecular formula is C30H19FN8O. The molecule has 7 rings (SSSR count). The molecule has 40 heavy (non-hydrogen) atoms. The number of hydrogen-bond donors (Lipinski definition) is 3. The van der Waals surface area contributed by atoms with Crippen LogP contribution in [0.2, 0.25) is 0 Å². The van der Waals surface area contributed by atoms with E-state index in [2.05, 4.69) is 35.5 Å². The lowest BCUT2D eigenvalue weighted by Crippen LogP contribution is -2.11. The summed E-state index contributed by atoms with van der Waals surface area (Å²) >= 11 is 0. The predicted octanol–water partition coefficient (Wildman–Crippen LogP) is 6.02. The van der Waals surface area contributed by atoms with Crippen molar-refractivity contribution >= 4 is 33.5 Å². The van der Waals surface area contributed by atoms with Crippen molar-refractivity contribution < 1.29 is 9.18 Å². The summed E-state index contributed by atoms with van der Waals surface area (Å²) in [5, 5.41) is 10.6. The van der Waals surface area contributed by atoms with Crippen LogP contribution in [0, 0.1) is 5.82 Å². The van der Waals surface area contributed by atoms with Crippen LogP contribution in [0.3, 0.4) is 0 Å². The molecular weight excluding hydrogens is 507 g/mol. The van der Waals surface area contributed by atoms with Gasteiger partial charge in [-0.25, -0.2) is 9.37 Å². The van der Waals surface area contributed by atoms with Gasteiger partial charge in [0.2, 0.25) is 0 Å². The van der Waals surface area contributed by atoms with Crippen molar-refractivity contribution in [2.24, 2.45) is 0 Å². The summed E-state index contributed by atoms with van der Waals surface area (Å²) in [5.41, 5.74) is 5.64. The van der Waals surface area contributed by atoms with E-state index in [1.807, 2.05) is 36.4 Å². The van der Waals surface area contributed by atoms with Crippen molar-refractivity contribution in [2.45, 2.75) is 0 Å². The standard InChI is InChI=1S/C30H19FN8O/c31-22-14-18(19-12-20(16-32-15-19)35-30(40)17-6-2-1-3-7-17)13-21-25(22)38-39-26(21)29-36-24-9-11-34-27(28(24)37-29)23-8-4-5-10-33-23/h1-16H,(H,35,40)(H,36,37)(H,38,39). The van der Waals surface area contributed by atoms with Gasteiger partial charge in [0.25, 0.3) is 5.91 Å². The zero-order valence-corrected chi connectivity index (χ0v) is 20.8. The largest absolute Gasteiger partial charge is 0.336 e. The maximum Gasteiger partial charge on any atom is 0.255 e. The van der Waals surface area contributed by atoms with E-state index < -0.39 is 5.82 Å². The average molecular weight is 527 g/mol. The molecule has 0 radical (unpaired) electrons.